The van der Waals surface area contributed by atoms with Crippen molar-refractivity contribution in [2.24, 2.45) is 0 Å². The zero-order valence-corrected chi connectivity index (χ0v) is 30.4. The van der Waals surface area contributed by atoms with Gasteiger partial charge in [0, 0.05) is 50.5 Å². The van der Waals surface area contributed by atoms with E-state index in [1.165, 1.54) is 72.0 Å². The van der Waals surface area contributed by atoms with E-state index in [1.807, 2.05) is 6.07 Å². The Balaban J connectivity index is 1.06. The Bertz CT molecular complexity index is 3150. The van der Waals surface area contributed by atoms with Crippen LogP contribution in [0.15, 0.2) is 205 Å². The number of benzene rings is 9. The Labute approximate surface area is 325 Å². The molecule has 0 spiro atoms. The van der Waals surface area contributed by atoms with E-state index in [0.29, 0.717) is 0 Å². The molecule has 260 valence electrons. The second kappa shape index (κ2) is 12.1. The Morgan fingerprint density at radius 3 is 1.70 bits per heavy atom. The fourth-order valence-corrected chi connectivity index (χ4v) is 9.53. The van der Waals surface area contributed by atoms with E-state index in [2.05, 4.69) is 204 Å². The Kier molecular flexibility index (Phi) is 6.72. The number of anilines is 6. The molecule has 4 heteroatoms. The average Bonchev–Trinajstić information content (AvgIpc) is 3.65. The molecule has 1 aromatic heterocycles. The third kappa shape index (κ3) is 4.47. The molecule has 3 heterocycles. The summed E-state index contributed by atoms with van der Waals surface area (Å²) in [7, 11) is 0. The second-order valence-electron chi connectivity index (χ2n) is 14.8. The predicted molar refractivity (Wildman–Crippen MR) is 236 cm³/mol. The van der Waals surface area contributed by atoms with E-state index in [-0.39, 0.29) is 6.71 Å². The van der Waals surface area contributed by atoms with E-state index in [9.17, 15) is 0 Å². The summed E-state index contributed by atoms with van der Waals surface area (Å²) < 4.78 is 6.44. The summed E-state index contributed by atoms with van der Waals surface area (Å²) in [5.74, 6) is 0. The van der Waals surface area contributed by atoms with Crippen molar-refractivity contribution < 1.29 is 4.42 Å². The Hall–Kier alpha value is -7.30. The molecule has 0 atom stereocenters. The molecule has 0 amide bonds. The van der Waals surface area contributed by atoms with Crippen molar-refractivity contribution in [2.45, 2.75) is 0 Å². The van der Waals surface area contributed by atoms with Crippen LogP contribution in [-0.4, -0.2) is 6.71 Å². The van der Waals surface area contributed by atoms with Gasteiger partial charge in [0.1, 0.15) is 11.2 Å². The molecule has 0 fully saturated rings. The first-order valence-electron chi connectivity index (χ1n) is 19.3. The third-order valence-corrected chi connectivity index (χ3v) is 11.8. The van der Waals surface area contributed by atoms with Gasteiger partial charge >= 0.3 is 0 Å². The number of para-hydroxylation sites is 5. The van der Waals surface area contributed by atoms with Gasteiger partial charge in [-0.05, 0) is 98.4 Å². The number of fused-ring (bicyclic) bond motifs is 9. The lowest BCUT2D eigenvalue weighted by molar-refractivity contribution is 0.669. The molecule has 0 unspecified atom stereocenters. The molecule has 12 rings (SSSR count). The molecule has 0 saturated heterocycles. The lowest BCUT2D eigenvalue weighted by Crippen LogP contribution is -2.61. The first-order valence-corrected chi connectivity index (χ1v) is 19.3. The van der Waals surface area contributed by atoms with Crippen molar-refractivity contribution in [1.82, 2.24) is 0 Å². The highest BCUT2D eigenvalue weighted by atomic mass is 16.3. The highest BCUT2D eigenvalue weighted by molar-refractivity contribution is 7.00. The monoisotopic (exact) mass is 712 g/mol. The maximum absolute atomic E-state index is 6.44. The van der Waals surface area contributed by atoms with E-state index < -0.39 is 0 Å². The van der Waals surface area contributed by atoms with Crippen LogP contribution in [0.2, 0.25) is 0 Å². The summed E-state index contributed by atoms with van der Waals surface area (Å²) in [6, 6.07) is 72.7. The average molecular weight is 713 g/mol. The molecule has 0 radical (unpaired) electrons. The zero-order valence-electron chi connectivity index (χ0n) is 30.4. The fraction of sp³-hybridized carbons (Fsp3) is 0. The summed E-state index contributed by atoms with van der Waals surface area (Å²) in [6.07, 6.45) is 0. The van der Waals surface area contributed by atoms with Gasteiger partial charge in [-0.3, -0.25) is 0 Å². The van der Waals surface area contributed by atoms with Gasteiger partial charge in [0.25, 0.3) is 6.71 Å². The Morgan fingerprint density at radius 1 is 0.375 bits per heavy atom. The molecule has 9 aromatic carbocycles. The van der Waals surface area contributed by atoms with Gasteiger partial charge in [-0.2, -0.15) is 0 Å². The summed E-state index contributed by atoms with van der Waals surface area (Å²) in [4.78, 5) is 4.93. The van der Waals surface area contributed by atoms with Crippen LogP contribution in [-0.2, 0) is 0 Å². The molecular weight excluding hydrogens is 679 g/mol. The molecule has 3 nitrogen and oxygen atoms in total. The standard InChI is InChI=1S/C52H33BN2O/c1-3-15-36(16-4-1)54-45-25-11-10-23-43(45)53-44-24-13-22-38(52(44)55(37-17-5-2-6-18-37)47-27-14-26-46(54)51(47)53)34-29-31-35(32-30-34)42-33-49-50(40-20-8-7-19-39(40)42)41-21-9-12-28-48(41)56-49/h1-33H. The van der Waals surface area contributed by atoms with Crippen molar-refractivity contribution in [2.75, 3.05) is 9.80 Å². The van der Waals surface area contributed by atoms with Gasteiger partial charge in [0.05, 0.1) is 0 Å². The lowest BCUT2D eigenvalue weighted by Gasteiger charge is -2.44. The van der Waals surface area contributed by atoms with Crippen molar-refractivity contribution in [1.29, 1.82) is 0 Å². The summed E-state index contributed by atoms with van der Waals surface area (Å²) in [6.45, 7) is 0.0634. The van der Waals surface area contributed by atoms with Crippen LogP contribution in [0.4, 0.5) is 34.1 Å². The number of rotatable bonds is 4. The van der Waals surface area contributed by atoms with Crippen molar-refractivity contribution >= 4 is 89.9 Å². The largest absolute Gasteiger partial charge is 0.456 e. The van der Waals surface area contributed by atoms with Crippen LogP contribution in [0.25, 0.3) is 55.0 Å². The topological polar surface area (TPSA) is 19.6 Å². The van der Waals surface area contributed by atoms with Gasteiger partial charge in [-0.15, -0.1) is 0 Å². The molecule has 2 aliphatic heterocycles. The van der Waals surface area contributed by atoms with Gasteiger partial charge in [0.15, 0.2) is 0 Å². The molecule has 56 heavy (non-hydrogen) atoms. The van der Waals surface area contributed by atoms with Crippen molar-refractivity contribution in [3.05, 3.63) is 200 Å². The van der Waals surface area contributed by atoms with E-state index >= 15 is 0 Å². The van der Waals surface area contributed by atoms with Crippen LogP contribution in [0.5, 0.6) is 0 Å². The minimum Gasteiger partial charge on any atom is -0.456 e. The SMILES string of the molecule is c1ccc(N2c3ccccc3B3c4cccc(-c5ccc(-c6cc7oc8ccccc8c7c7ccccc67)cc5)c4N(c4ccccc4)c4cccc2c43)cc1. The zero-order chi connectivity index (χ0) is 36.7. The molecule has 0 bridgehead atoms. The quantitative estimate of drug-likeness (QED) is 0.169. The molecule has 0 saturated carbocycles. The van der Waals surface area contributed by atoms with E-state index in [1.54, 1.807) is 0 Å². The minimum atomic E-state index is 0.0634. The first-order chi connectivity index (χ1) is 27.8. The number of nitrogens with zero attached hydrogens (tertiary/aromatic N) is 2. The van der Waals surface area contributed by atoms with Gasteiger partial charge < -0.3 is 14.2 Å². The smallest absolute Gasteiger partial charge is 0.252 e. The highest BCUT2D eigenvalue weighted by Gasteiger charge is 2.43. The third-order valence-electron chi connectivity index (χ3n) is 11.8. The second-order valence-corrected chi connectivity index (χ2v) is 14.8. The van der Waals surface area contributed by atoms with Crippen LogP contribution in [0.1, 0.15) is 0 Å². The molecule has 2 aliphatic rings. The number of hydrogen-bond acceptors (Lipinski definition) is 3. The summed E-state index contributed by atoms with van der Waals surface area (Å²) in [5.41, 5.74) is 17.6. The first kappa shape index (κ1) is 31.1. The van der Waals surface area contributed by atoms with Crippen molar-refractivity contribution in [3.63, 3.8) is 0 Å². The lowest BCUT2D eigenvalue weighted by atomic mass is 9.33. The maximum atomic E-state index is 6.44. The molecule has 10 aromatic rings. The number of hydrogen-bond donors (Lipinski definition) is 0. The van der Waals surface area contributed by atoms with Crippen LogP contribution in [0, 0.1) is 0 Å². The fourth-order valence-electron chi connectivity index (χ4n) is 9.53. The maximum Gasteiger partial charge on any atom is 0.252 e. The molecule has 0 N–H and O–H groups in total. The van der Waals surface area contributed by atoms with Gasteiger partial charge in [-0.1, -0.05) is 146 Å². The van der Waals surface area contributed by atoms with Gasteiger partial charge in [0.2, 0.25) is 0 Å². The predicted octanol–water partition coefficient (Wildman–Crippen LogP) is 12.2. The summed E-state index contributed by atoms with van der Waals surface area (Å²) in [5, 5.41) is 4.76. The summed E-state index contributed by atoms with van der Waals surface area (Å²) >= 11 is 0. The normalized spacial score (nSPS) is 12.9. The van der Waals surface area contributed by atoms with E-state index in [4.69, 9.17) is 4.42 Å². The highest BCUT2D eigenvalue weighted by Crippen LogP contribution is 2.47. The van der Waals surface area contributed by atoms with Crippen molar-refractivity contribution in [3.8, 4) is 22.3 Å². The molecular formula is C52H33BN2O. The minimum absolute atomic E-state index is 0.0634. The van der Waals surface area contributed by atoms with E-state index in [0.717, 1.165) is 33.5 Å². The van der Waals surface area contributed by atoms with Crippen LogP contribution in [0.3, 0.4) is 0 Å². The van der Waals surface area contributed by atoms with Crippen LogP contribution < -0.4 is 26.2 Å². The van der Waals surface area contributed by atoms with Gasteiger partial charge in [-0.25, -0.2) is 0 Å². The number of furan rings is 1. The molecule has 0 aliphatic carbocycles. The Morgan fingerprint density at radius 2 is 0.929 bits per heavy atom. The van der Waals surface area contributed by atoms with Crippen LogP contribution >= 0.6 is 0 Å².